The fourth-order valence-corrected chi connectivity index (χ4v) is 10.4. The third-order valence-electron chi connectivity index (χ3n) is 13.2. The highest BCUT2D eigenvalue weighted by Gasteiger charge is 2.28. The standard InChI is InChI=1S/C64H66N2/c1-36-26-41(6)53(42(7)27-36)18-20-57-51(16)63(65-59(57)24-22-55-45(10)30-38(3)31-46(55)11)62(61-49(14)34-40(5)35-50(61)15)64-52(17)58(21-19-54-43(8)28-37(2)29-44(54)9)60(66-64)25-23-56-47(12)32-39(4)33-48(56)13/h22-35,65H,1-17H3/b24-22+,25-23+,64-62-. The van der Waals surface area contributed by atoms with Crippen molar-refractivity contribution in [3.8, 4) is 23.7 Å². The molecule has 0 unspecified atom stereocenters. The van der Waals surface area contributed by atoms with Gasteiger partial charge in [0.15, 0.2) is 0 Å². The van der Waals surface area contributed by atoms with E-state index in [-0.39, 0.29) is 0 Å². The van der Waals surface area contributed by atoms with Crippen LogP contribution in [0.2, 0.25) is 0 Å². The summed E-state index contributed by atoms with van der Waals surface area (Å²) in [6.45, 7) is 37.1. The number of aromatic amines is 1. The summed E-state index contributed by atoms with van der Waals surface area (Å²) in [4.78, 5) is 9.66. The number of benzene rings is 5. The highest BCUT2D eigenvalue weighted by molar-refractivity contribution is 6.18. The van der Waals surface area contributed by atoms with Crippen LogP contribution >= 0.6 is 0 Å². The van der Waals surface area contributed by atoms with E-state index < -0.39 is 0 Å². The van der Waals surface area contributed by atoms with Crippen molar-refractivity contribution in [2.75, 3.05) is 0 Å². The molecule has 0 amide bonds. The summed E-state index contributed by atoms with van der Waals surface area (Å²) in [6.07, 6.45) is 8.88. The van der Waals surface area contributed by atoms with Crippen molar-refractivity contribution in [1.29, 1.82) is 0 Å². The molecule has 1 aliphatic rings. The lowest BCUT2D eigenvalue weighted by atomic mass is 9.87. The molecule has 5 aromatic carbocycles. The molecule has 0 atom stereocenters. The number of rotatable bonds is 6. The third kappa shape index (κ3) is 9.57. The number of aryl methyl sites for hydroxylation is 15. The Balaban J connectivity index is 1.57. The van der Waals surface area contributed by atoms with Crippen LogP contribution in [-0.4, -0.2) is 10.7 Å². The van der Waals surface area contributed by atoms with E-state index in [0.29, 0.717) is 0 Å². The number of nitrogens with zero attached hydrogens (tertiary/aromatic N) is 1. The van der Waals surface area contributed by atoms with Crippen molar-refractivity contribution in [2.24, 2.45) is 4.99 Å². The average molecular weight is 863 g/mol. The lowest BCUT2D eigenvalue weighted by molar-refractivity contribution is 1.21. The van der Waals surface area contributed by atoms with E-state index in [2.05, 4.69) is 231 Å². The maximum Gasteiger partial charge on any atom is 0.0797 e. The maximum absolute atomic E-state index is 5.66. The van der Waals surface area contributed by atoms with Crippen LogP contribution in [0.25, 0.3) is 23.8 Å². The van der Waals surface area contributed by atoms with Crippen LogP contribution in [-0.2, 0) is 0 Å². The summed E-state index contributed by atoms with van der Waals surface area (Å²) >= 11 is 0. The molecule has 0 saturated carbocycles. The van der Waals surface area contributed by atoms with Crippen LogP contribution in [0.1, 0.15) is 141 Å². The number of hydrogen-bond acceptors (Lipinski definition) is 1. The molecule has 2 heteroatoms. The van der Waals surface area contributed by atoms with E-state index >= 15 is 0 Å². The monoisotopic (exact) mass is 863 g/mol. The summed E-state index contributed by atoms with van der Waals surface area (Å²) in [5.41, 5.74) is 33.0. The second kappa shape index (κ2) is 18.9. The normalized spacial score (nSPS) is 13.4. The van der Waals surface area contributed by atoms with Gasteiger partial charge in [0.25, 0.3) is 0 Å². The smallest absolute Gasteiger partial charge is 0.0797 e. The Morgan fingerprint density at radius 3 is 1.21 bits per heavy atom. The molecule has 2 nitrogen and oxygen atoms in total. The van der Waals surface area contributed by atoms with E-state index in [1.807, 2.05) is 0 Å². The molecule has 1 aliphatic heterocycles. The molecule has 0 aliphatic carbocycles. The molecule has 1 aromatic heterocycles. The van der Waals surface area contributed by atoms with Crippen molar-refractivity contribution in [1.82, 2.24) is 4.98 Å². The van der Waals surface area contributed by atoms with Crippen LogP contribution in [0.3, 0.4) is 0 Å². The van der Waals surface area contributed by atoms with Gasteiger partial charge in [0, 0.05) is 16.7 Å². The highest BCUT2D eigenvalue weighted by atomic mass is 14.8. The average Bonchev–Trinajstić information content (AvgIpc) is 3.68. The van der Waals surface area contributed by atoms with E-state index in [1.54, 1.807) is 0 Å². The molecule has 2 heterocycles. The summed E-state index contributed by atoms with van der Waals surface area (Å²) in [5.74, 6) is 14.7. The molecule has 0 fully saturated rings. The Hall–Kier alpha value is -6.87. The first-order valence-corrected chi connectivity index (χ1v) is 23.3. The summed E-state index contributed by atoms with van der Waals surface area (Å²) in [6, 6.07) is 22.5. The van der Waals surface area contributed by atoms with Gasteiger partial charge in [-0.05, 0) is 213 Å². The molecular formula is C64H66N2. The summed E-state index contributed by atoms with van der Waals surface area (Å²) < 4.78 is 0. The van der Waals surface area contributed by atoms with Crippen molar-refractivity contribution >= 4 is 29.5 Å². The van der Waals surface area contributed by atoms with E-state index in [9.17, 15) is 0 Å². The quantitative estimate of drug-likeness (QED) is 0.162. The molecule has 6 aromatic rings. The molecule has 0 radical (unpaired) electrons. The SMILES string of the molecule is CC1=C(C#Cc2c(C)cc(C)cc2C)C(/C=C/c2c(C)cc(C)cc2C)=NC/1=C(\c1[nH]c(/C=C/c2c(C)cc(C)cc2C)c(C#Cc2c(C)cc(C)cc2C)c1C)c1c(C)cc(C)cc1C. The van der Waals surface area contributed by atoms with Gasteiger partial charge in [-0.15, -0.1) is 0 Å². The Labute approximate surface area is 396 Å². The number of aromatic nitrogens is 1. The second-order valence-corrected chi connectivity index (χ2v) is 19.2. The van der Waals surface area contributed by atoms with Gasteiger partial charge in [-0.1, -0.05) is 124 Å². The molecule has 66 heavy (non-hydrogen) atoms. The highest BCUT2D eigenvalue weighted by Crippen LogP contribution is 2.41. The third-order valence-corrected chi connectivity index (χ3v) is 13.2. The topological polar surface area (TPSA) is 28.1 Å². The van der Waals surface area contributed by atoms with Crippen molar-refractivity contribution in [2.45, 2.75) is 118 Å². The largest absolute Gasteiger partial charge is 0.354 e. The van der Waals surface area contributed by atoms with Crippen LogP contribution < -0.4 is 0 Å². The maximum atomic E-state index is 5.66. The van der Waals surface area contributed by atoms with E-state index in [0.717, 1.165) is 61.8 Å². The fraction of sp³-hybridized carbons (Fsp3) is 0.266. The Morgan fingerprint density at radius 2 is 0.773 bits per heavy atom. The van der Waals surface area contributed by atoms with Crippen LogP contribution in [0.15, 0.2) is 88.6 Å². The Morgan fingerprint density at radius 1 is 0.409 bits per heavy atom. The second-order valence-electron chi connectivity index (χ2n) is 19.2. The van der Waals surface area contributed by atoms with Crippen LogP contribution in [0.4, 0.5) is 0 Å². The number of allylic oxidation sites excluding steroid dienone is 3. The van der Waals surface area contributed by atoms with Crippen LogP contribution in [0.5, 0.6) is 0 Å². The summed E-state index contributed by atoms with van der Waals surface area (Å²) in [7, 11) is 0. The van der Waals surface area contributed by atoms with E-state index in [4.69, 9.17) is 4.99 Å². The van der Waals surface area contributed by atoms with Crippen molar-refractivity contribution in [3.05, 3.63) is 217 Å². The predicted octanol–water partition coefficient (Wildman–Crippen LogP) is 15.8. The first-order valence-electron chi connectivity index (χ1n) is 23.3. The Kier molecular flexibility index (Phi) is 13.5. The van der Waals surface area contributed by atoms with Gasteiger partial charge in [0.2, 0.25) is 0 Å². The minimum Gasteiger partial charge on any atom is -0.354 e. The summed E-state index contributed by atoms with van der Waals surface area (Å²) in [5, 5.41) is 0. The minimum atomic E-state index is 0.858. The molecule has 0 bridgehead atoms. The molecular weight excluding hydrogens is 797 g/mol. The molecule has 1 N–H and O–H groups in total. The first kappa shape index (κ1) is 47.1. The zero-order chi connectivity index (χ0) is 47.9. The minimum absolute atomic E-state index is 0.858. The van der Waals surface area contributed by atoms with Crippen molar-refractivity contribution < 1.29 is 0 Å². The number of hydrogen-bond donors (Lipinski definition) is 1. The predicted molar refractivity (Wildman–Crippen MR) is 286 cm³/mol. The van der Waals surface area contributed by atoms with Crippen molar-refractivity contribution in [3.63, 3.8) is 0 Å². The Bertz CT molecular complexity index is 3180. The number of H-pyrrole nitrogens is 1. The van der Waals surface area contributed by atoms with Gasteiger partial charge in [-0.25, -0.2) is 4.99 Å². The van der Waals surface area contributed by atoms with Crippen LogP contribution in [0, 0.1) is 134 Å². The molecule has 332 valence electrons. The zero-order valence-electron chi connectivity index (χ0n) is 42.5. The zero-order valence-corrected chi connectivity index (χ0v) is 42.5. The van der Waals surface area contributed by atoms with Gasteiger partial charge in [-0.3, -0.25) is 0 Å². The van der Waals surface area contributed by atoms with Gasteiger partial charge >= 0.3 is 0 Å². The lowest BCUT2D eigenvalue weighted by Crippen LogP contribution is -2.02. The molecule has 7 rings (SSSR count). The van der Waals surface area contributed by atoms with Gasteiger partial charge in [0.05, 0.1) is 33.9 Å². The molecule has 0 saturated heterocycles. The first-order chi connectivity index (χ1) is 31.2. The molecule has 0 spiro atoms. The van der Waals surface area contributed by atoms with E-state index in [1.165, 1.54) is 100 Å². The number of nitrogens with one attached hydrogen (secondary N) is 1. The number of aliphatic imine (C=N–C) groups is 1. The van der Waals surface area contributed by atoms with Gasteiger partial charge in [-0.2, -0.15) is 0 Å². The fourth-order valence-electron chi connectivity index (χ4n) is 10.4. The lowest BCUT2D eigenvalue weighted by Gasteiger charge is -2.18. The van der Waals surface area contributed by atoms with Gasteiger partial charge in [0.1, 0.15) is 0 Å². The van der Waals surface area contributed by atoms with Gasteiger partial charge < -0.3 is 4.98 Å².